The van der Waals surface area contributed by atoms with Crippen molar-refractivity contribution in [3.05, 3.63) is 65.5 Å². The van der Waals surface area contributed by atoms with Crippen molar-refractivity contribution in [3.63, 3.8) is 0 Å². The van der Waals surface area contributed by atoms with Crippen molar-refractivity contribution in [2.24, 2.45) is 0 Å². The second-order valence-corrected chi connectivity index (χ2v) is 5.73. The van der Waals surface area contributed by atoms with E-state index in [-0.39, 0.29) is 5.91 Å². The molecule has 1 heterocycles. The molecule has 0 radical (unpaired) electrons. The Bertz CT molecular complexity index is 881. The zero-order valence-corrected chi connectivity index (χ0v) is 14.9. The normalized spacial score (nSPS) is 10.4. The van der Waals surface area contributed by atoms with Crippen LogP contribution in [0.3, 0.4) is 0 Å². The van der Waals surface area contributed by atoms with Crippen molar-refractivity contribution in [1.29, 1.82) is 0 Å². The van der Waals surface area contributed by atoms with Crippen molar-refractivity contribution < 1.29 is 14.3 Å². The summed E-state index contributed by atoms with van der Waals surface area (Å²) in [5, 5.41) is 10.7. The van der Waals surface area contributed by atoms with E-state index < -0.39 is 0 Å². The molecule has 0 spiro atoms. The average Bonchev–Trinajstić information content (AvgIpc) is 3.09. The van der Waals surface area contributed by atoms with Gasteiger partial charge >= 0.3 is 0 Å². The van der Waals surface area contributed by atoms with Gasteiger partial charge in [0.2, 0.25) is 5.95 Å². The minimum atomic E-state index is -0.316. The molecule has 0 aliphatic carbocycles. The molecule has 1 N–H and O–H groups in total. The van der Waals surface area contributed by atoms with E-state index in [1.807, 2.05) is 37.3 Å². The second-order valence-electron chi connectivity index (χ2n) is 5.73. The SMILES string of the molecule is COc1cc(C(=O)Nc2nncn2Cc2ccccc2)cc(OC)c1C. The number of nitrogens with one attached hydrogen (secondary N) is 1. The molecule has 3 rings (SSSR count). The standard InChI is InChI=1S/C19H20N4O3/c1-13-16(25-2)9-15(10-17(13)26-3)18(24)21-19-22-20-12-23(19)11-14-7-5-4-6-8-14/h4-10,12H,11H2,1-3H3,(H,21,22,24). The van der Waals surface area contributed by atoms with Crippen molar-refractivity contribution in [1.82, 2.24) is 14.8 Å². The molecule has 0 unspecified atom stereocenters. The van der Waals surface area contributed by atoms with Gasteiger partial charge in [-0.05, 0) is 24.6 Å². The highest BCUT2D eigenvalue weighted by atomic mass is 16.5. The Balaban J connectivity index is 1.82. The highest BCUT2D eigenvalue weighted by Gasteiger charge is 2.16. The van der Waals surface area contributed by atoms with E-state index in [1.165, 1.54) is 0 Å². The summed E-state index contributed by atoms with van der Waals surface area (Å²) in [7, 11) is 3.11. The number of amides is 1. The Morgan fingerprint density at radius 3 is 2.38 bits per heavy atom. The molecule has 0 aliphatic heterocycles. The van der Waals surface area contributed by atoms with Crippen LogP contribution < -0.4 is 14.8 Å². The molecule has 0 aliphatic rings. The highest BCUT2D eigenvalue weighted by Crippen LogP contribution is 2.29. The van der Waals surface area contributed by atoms with Crippen molar-refractivity contribution >= 4 is 11.9 Å². The van der Waals surface area contributed by atoms with Crippen LogP contribution in [-0.4, -0.2) is 34.9 Å². The van der Waals surface area contributed by atoms with Gasteiger partial charge in [0, 0.05) is 11.1 Å². The summed E-state index contributed by atoms with van der Waals surface area (Å²) in [6.45, 7) is 2.43. The van der Waals surface area contributed by atoms with Crippen LogP contribution in [0.1, 0.15) is 21.5 Å². The van der Waals surface area contributed by atoms with Gasteiger partial charge in [-0.3, -0.25) is 14.7 Å². The molecule has 3 aromatic rings. The van der Waals surface area contributed by atoms with Crippen LogP contribution in [0.25, 0.3) is 0 Å². The number of hydrogen-bond acceptors (Lipinski definition) is 5. The Hall–Kier alpha value is -3.35. The number of nitrogens with zero attached hydrogens (tertiary/aromatic N) is 3. The predicted octanol–water partition coefficient (Wildman–Crippen LogP) is 2.90. The summed E-state index contributed by atoms with van der Waals surface area (Å²) in [6, 6.07) is 13.2. The van der Waals surface area contributed by atoms with Gasteiger partial charge in [-0.15, -0.1) is 10.2 Å². The summed E-state index contributed by atoms with van der Waals surface area (Å²) in [5.74, 6) is 1.22. The van der Waals surface area contributed by atoms with Crippen LogP contribution in [0.4, 0.5) is 5.95 Å². The van der Waals surface area contributed by atoms with Crippen LogP contribution >= 0.6 is 0 Å². The molecule has 1 aromatic heterocycles. The third kappa shape index (κ3) is 3.66. The Morgan fingerprint density at radius 1 is 1.12 bits per heavy atom. The lowest BCUT2D eigenvalue weighted by atomic mass is 10.1. The van der Waals surface area contributed by atoms with Crippen LogP contribution in [0.2, 0.25) is 0 Å². The molecule has 0 saturated heterocycles. The topological polar surface area (TPSA) is 78.3 Å². The summed E-state index contributed by atoms with van der Waals surface area (Å²) < 4.78 is 12.4. The number of ether oxygens (including phenoxy) is 2. The van der Waals surface area contributed by atoms with Gasteiger partial charge < -0.3 is 9.47 Å². The van der Waals surface area contributed by atoms with Crippen LogP contribution in [0, 0.1) is 6.92 Å². The molecule has 0 bridgehead atoms. The third-order valence-corrected chi connectivity index (χ3v) is 4.05. The lowest BCUT2D eigenvalue weighted by Gasteiger charge is -2.13. The maximum atomic E-state index is 12.7. The average molecular weight is 352 g/mol. The Labute approximate surface area is 151 Å². The van der Waals surface area contributed by atoms with E-state index in [1.54, 1.807) is 37.2 Å². The number of anilines is 1. The number of aromatic nitrogens is 3. The predicted molar refractivity (Wildman–Crippen MR) is 97.8 cm³/mol. The molecule has 2 aromatic carbocycles. The van der Waals surface area contributed by atoms with E-state index in [0.717, 1.165) is 11.1 Å². The number of hydrogen-bond donors (Lipinski definition) is 1. The molecule has 1 amide bonds. The van der Waals surface area contributed by atoms with Crippen LogP contribution in [0.15, 0.2) is 48.8 Å². The first-order chi connectivity index (χ1) is 12.6. The zero-order chi connectivity index (χ0) is 18.5. The molecule has 26 heavy (non-hydrogen) atoms. The van der Waals surface area contributed by atoms with Crippen molar-refractivity contribution in [2.75, 3.05) is 19.5 Å². The number of benzene rings is 2. The smallest absolute Gasteiger partial charge is 0.258 e. The van der Waals surface area contributed by atoms with Gasteiger partial charge in [-0.25, -0.2) is 0 Å². The first kappa shape index (κ1) is 17.5. The second kappa shape index (κ2) is 7.69. The summed E-state index contributed by atoms with van der Waals surface area (Å²) >= 11 is 0. The molecule has 0 atom stereocenters. The van der Waals surface area contributed by atoms with Crippen LogP contribution in [0.5, 0.6) is 11.5 Å². The van der Waals surface area contributed by atoms with Gasteiger partial charge in [0.05, 0.1) is 20.8 Å². The molecule has 0 saturated carbocycles. The number of carbonyl (C=O) groups is 1. The number of carbonyl (C=O) groups excluding carboxylic acids is 1. The van der Waals surface area contributed by atoms with E-state index in [9.17, 15) is 4.79 Å². The summed E-state index contributed by atoms with van der Waals surface area (Å²) in [6.07, 6.45) is 1.58. The minimum absolute atomic E-state index is 0.316. The minimum Gasteiger partial charge on any atom is -0.496 e. The van der Waals surface area contributed by atoms with Crippen LogP contribution in [-0.2, 0) is 6.54 Å². The van der Waals surface area contributed by atoms with Gasteiger partial charge in [0.25, 0.3) is 5.91 Å². The number of rotatable bonds is 6. The first-order valence-corrected chi connectivity index (χ1v) is 8.08. The Morgan fingerprint density at radius 2 is 1.77 bits per heavy atom. The molecular formula is C19H20N4O3. The lowest BCUT2D eigenvalue weighted by Crippen LogP contribution is -2.16. The summed E-state index contributed by atoms with van der Waals surface area (Å²) in [5.41, 5.74) is 2.33. The van der Waals surface area contributed by atoms with Gasteiger partial charge in [-0.1, -0.05) is 30.3 Å². The molecule has 7 heteroatoms. The molecular weight excluding hydrogens is 332 g/mol. The first-order valence-electron chi connectivity index (χ1n) is 8.08. The van der Waals surface area contributed by atoms with E-state index in [0.29, 0.717) is 29.6 Å². The molecule has 134 valence electrons. The van der Waals surface area contributed by atoms with E-state index >= 15 is 0 Å². The monoisotopic (exact) mass is 352 g/mol. The highest BCUT2D eigenvalue weighted by molar-refractivity contribution is 6.04. The summed E-state index contributed by atoms with van der Waals surface area (Å²) in [4.78, 5) is 12.7. The van der Waals surface area contributed by atoms with Crippen molar-refractivity contribution in [2.45, 2.75) is 13.5 Å². The molecule has 0 fully saturated rings. The fraction of sp³-hybridized carbons (Fsp3) is 0.211. The largest absolute Gasteiger partial charge is 0.496 e. The third-order valence-electron chi connectivity index (χ3n) is 4.05. The lowest BCUT2D eigenvalue weighted by molar-refractivity contribution is 0.102. The Kier molecular flexibility index (Phi) is 5.17. The van der Waals surface area contributed by atoms with Crippen molar-refractivity contribution in [3.8, 4) is 11.5 Å². The fourth-order valence-electron chi connectivity index (χ4n) is 2.64. The quantitative estimate of drug-likeness (QED) is 0.738. The van der Waals surface area contributed by atoms with Gasteiger partial charge in [-0.2, -0.15) is 0 Å². The van der Waals surface area contributed by atoms with Gasteiger partial charge in [0.15, 0.2) is 0 Å². The number of methoxy groups -OCH3 is 2. The van der Waals surface area contributed by atoms with Gasteiger partial charge in [0.1, 0.15) is 17.8 Å². The fourth-order valence-corrected chi connectivity index (χ4v) is 2.64. The van der Waals surface area contributed by atoms with E-state index in [2.05, 4.69) is 15.5 Å². The molecule has 7 nitrogen and oxygen atoms in total. The zero-order valence-electron chi connectivity index (χ0n) is 14.9. The maximum Gasteiger partial charge on any atom is 0.258 e. The maximum absolute atomic E-state index is 12.7. The van der Waals surface area contributed by atoms with E-state index in [4.69, 9.17) is 9.47 Å².